The Balaban J connectivity index is 2.21. The number of carbonyl (C=O) groups excluding carboxylic acids is 1. The molecule has 0 bridgehead atoms. The van der Waals surface area contributed by atoms with Crippen molar-refractivity contribution < 1.29 is 9.90 Å². The predicted octanol–water partition coefficient (Wildman–Crippen LogP) is 3.38. The lowest BCUT2D eigenvalue weighted by Crippen LogP contribution is -2.14. The molecule has 0 fully saturated rings. The number of benzene rings is 2. The van der Waals surface area contributed by atoms with E-state index in [0.29, 0.717) is 11.3 Å². The molecule has 0 aliphatic heterocycles. The highest BCUT2D eigenvalue weighted by molar-refractivity contribution is 6.08. The van der Waals surface area contributed by atoms with Gasteiger partial charge >= 0.3 is 0 Å². The van der Waals surface area contributed by atoms with Crippen molar-refractivity contribution >= 4 is 17.3 Å². The number of carbonyl (C=O) groups is 1. The van der Waals surface area contributed by atoms with Crippen LogP contribution in [0.4, 0.5) is 11.4 Å². The Labute approximate surface area is 118 Å². The standard InChI is InChI=1S/C16H18N2O2/c1-3-17-14-7-5-4-6-13(14)16(20)18-12-9-8-11(2)15(19)10-12/h4-10,17,19H,3H2,1-2H3,(H,18,20). The van der Waals surface area contributed by atoms with Crippen LogP contribution in [-0.4, -0.2) is 17.6 Å². The van der Waals surface area contributed by atoms with Crippen LogP contribution < -0.4 is 10.6 Å². The van der Waals surface area contributed by atoms with E-state index in [9.17, 15) is 9.90 Å². The lowest BCUT2D eigenvalue weighted by atomic mass is 10.1. The number of aryl methyl sites for hydroxylation is 1. The first-order valence-corrected chi connectivity index (χ1v) is 6.55. The van der Waals surface area contributed by atoms with E-state index >= 15 is 0 Å². The molecule has 4 nitrogen and oxygen atoms in total. The molecule has 0 saturated heterocycles. The molecular weight excluding hydrogens is 252 g/mol. The molecule has 2 aromatic carbocycles. The van der Waals surface area contributed by atoms with E-state index in [2.05, 4.69) is 10.6 Å². The highest BCUT2D eigenvalue weighted by Crippen LogP contribution is 2.22. The molecule has 0 spiro atoms. The first-order chi connectivity index (χ1) is 9.61. The van der Waals surface area contributed by atoms with E-state index in [4.69, 9.17) is 0 Å². The van der Waals surface area contributed by atoms with Crippen molar-refractivity contribution in [1.82, 2.24) is 0 Å². The van der Waals surface area contributed by atoms with Crippen molar-refractivity contribution in [3.05, 3.63) is 53.6 Å². The van der Waals surface area contributed by atoms with Gasteiger partial charge in [0.15, 0.2) is 0 Å². The summed E-state index contributed by atoms with van der Waals surface area (Å²) in [6, 6.07) is 12.4. The number of hydrogen-bond acceptors (Lipinski definition) is 3. The number of phenols is 1. The molecule has 104 valence electrons. The largest absolute Gasteiger partial charge is 0.508 e. The minimum atomic E-state index is -0.204. The Morgan fingerprint density at radius 2 is 1.95 bits per heavy atom. The quantitative estimate of drug-likeness (QED) is 0.798. The van der Waals surface area contributed by atoms with Crippen LogP contribution in [0.1, 0.15) is 22.8 Å². The number of phenolic OH excluding ortho intramolecular Hbond substituents is 1. The van der Waals surface area contributed by atoms with Crippen LogP contribution in [-0.2, 0) is 0 Å². The third-order valence-electron chi connectivity index (χ3n) is 3.01. The third kappa shape index (κ3) is 3.09. The summed E-state index contributed by atoms with van der Waals surface area (Å²) in [5.41, 5.74) is 2.72. The summed E-state index contributed by atoms with van der Waals surface area (Å²) >= 11 is 0. The highest BCUT2D eigenvalue weighted by Gasteiger charge is 2.11. The molecule has 0 unspecified atom stereocenters. The van der Waals surface area contributed by atoms with Gasteiger partial charge in [-0.25, -0.2) is 0 Å². The predicted molar refractivity (Wildman–Crippen MR) is 81.4 cm³/mol. The second kappa shape index (κ2) is 6.10. The molecule has 0 heterocycles. The van der Waals surface area contributed by atoms with Crippen molar-refractivity contribution in [2.24, 2.45) is 0 Å². The summed E-state index contributed by atoms with van der Waals surface area (Å²) in [7, 11) is 0. The molecule has 2 aromatic rings. The summed E-state index contributed by atoms with van der Waals surface area (Å²) in [4.78, 5) is 12.3. The van der Waals surface area contributed by atoms with Crippen LogP contribution in [0.3, 0.4) is 0 Å². The molecule has 0 aliphatic carbocycles. The van der Waals surface area contributed by atoms with Gasteiger partial charge in [0.25, 0.3) is 5.91 Å². The van der Waals surface area contributed by atoms with Gasteiger partial charge in [0, 0.05) is 24.0 Å². The number of nitrogens with one attached hydrogen (secondary N) is 2. The van der Waals surface area contributed by atoms with Crippen LogP contribution in [0.2, 0.25) is 0 Å². The maximum absolute atomic E-state index is 12.3. The van der Waals surface area contributed by atoms with Crippen LogP contribution in [0.5, 0.6) is 5.75 Å². The van der Waals surface area contributed by atoms with Gasteiger partial charge in [-0.05, 0) is 37.6 Å². The van der Waals surface area contributed by atoms with Crippen molar-refractivity contribution in [1.29, 1.82) is 0 Å². The van der Waals surface area contributed by atoms with Crippen LogP contribution >= 0.6 is 0 Å². The Kier molecular flexibility index (Phi) is 4.25. The number of anilines is 2. The monoisotopic (exact) mass is 270 g/mol. The Morgan fingerprint density at radius 3 is 2.65 bits per heavy atom. The molecule has 2 rings (SSSR count). The summed E-state index contributed by atoms with van der Waals surface area (Å²) < 4.78 is 0. The molecule has 0 saturated carbocycles. The topological polar surface area (TPSA) is 61.4 Å². The molecule has 0 radical (unpaired) electrons. The second-order valence-electron chi connectivity index (χ2n) is 4.53. The number of amides is 1. The molecule has 0 aromatic heterocycles. The van der Waals surface area contributed by atoms with E-state index in [0.717, 1.165) is 17.8 Å². The smallest absolute Gasteiger partial charge is 0.257 e. The van der Waals surface area contributed by atoms with Gasteiger partial charge in [-0.2, -0.15) is 0 Å². The summed E-state index contributed by atoms with van der Waals surface area (Å²) in [6.07, 6.45) is 0. The Hall–Kier alpha value is -2.49. The third-order valence-corrected chi connectivity index (χ3v) is 3.01. The fourth-order valence-corrected chi connectivity index (χ4v) is 1.91. The second-order valence-corrected chi connectivity index (χ2v) is 4.53. The van der Waals surface area contributed by atoms with Gasteiger partial charge < -0.3 is 15.7 Å². The lowest BCUT2D eigenvalue weighted by Gasteiger charge is -2.11. The van der Waals surface area contributed by atoms with E-state index in [1.165, 1.54) is 0 Å². The molecule has 3 N–H and O–H groups in total. The molecule has 4 heteroatoms. The van der Waals surface area contributed by atoms with E-state index in [-0.39, 0.29) is 11.7 Å². The molecule has 20 heavy (non-hydrogen) atoms. The van der Waals surface area contributed by atoms with Crippen molar-refractivity contribution in [3.8, 4) is 5.75 Å². The normalized spacial score (nSPS) is 10.1. The van der Waals surface area contributed by atoms with Crippen molar-refractivity contribution in [2.75, 3.05) is 17.2 Å². The van der Waals surface area contributed by atoms with Crippen LogP contribution in [0, 0.1) is 6.92 Å². The van der Waals surface area contributed by atoms with Gasteiger partial charge in [0.2, 0.25) is 0 Å². The zero-order valence-electron chi connectivity index (χ0n) is 11.6. The van der Waals surface area contributed by atoms with Gasteiger partial charge in [-0.15, -0.1) is 0 Å². The Bertz CT molecular complexity index is 624. The molecule has 1 amide bonds. The number of aromatic hydroxyl groups is 1. The fourth-order valence-electron chi connectivity index (χ4n) is 1.91. The first-order valence-electron chi connectivity index (χ1n) is 6.55. The summed E-state index contributed by atoms with van der Waals surface area (Å²) in [5.74, 6) is -0.0347. The van der Waals surface area contributed by atoms with Gasteiger partial charge in [-0.1, -0.05) is 18.2 Å². The van der Waals surface area contributed by atoms with E-state index in [1.807, 2.05) is 25.1 Å². The maximum Gasteiger partial charge on any atom is 0.257 e. The average Bonchev–Trinajstić information content (AvgIpc) is 2.44. The van der Waals surface area contributed by atoms with Crippen molar-refractivity contribution in [2.45, 2.75) is 13.8 Å². The van der Waals surface area contributed by atoms with Crippen LogP contribution in [0.15, 0.2) is 42.5 Å². The van der Waals surface area contributed by atoms with E-state index in [1.54, 1.807) is 31.2 Å². The van der Waals surface area contributed by atoms with Crippen LogP contribution in [0.25, 0.3) is 0 Å². The average molecular weight is 270 g/mol. The maximum atomic E-state index is 12.3. The minimum absolute atomic E-state index is 0.169. The van der Waals surface area contributed by atoms with Gasteiger partial charge in [0.1, 0.15) is 5.75 Å². The first kappa shape index (κ1) is 13.9. The van der Waals surface area contributed by atoms with E-state index < -0.39 is 0 Å². The van der Waals surface area contributed by atoms with Crippen molar-refractivity contribution in [3.63, 3.8) is 0 Å². The zero-order valence-corrected chi connectivity index (χ0v) is 11.6. The van der Waals surface area contributed by atoms with Gasteiger partial charge in [0.05, 0.1) is 5.56 Å². The molecule has 0 aliphatic rings. The summed E-state index contributed by atoms with van der Waals surface area (Å²) in [6.45, 7) is 4.53. The number of para-hydroxylation sites is 1. The Morgan fingerprint density at radius 1 is 1.20 bits per heavy atom. The summed E-state index contributed by atoms with van der Waals surface area (Å²) in [5, 5.41) is 15.6. The zero-order chi connectivity index (χ0) is 14.5. The van der Waals surface area contributed by atoms with Gasteiger partial charge in [-0.3, -0.25) is 4.79 Å². The molecule has 0 atom stereocenters. The SMILES string of the molecule is CCNc1ccccc1C(=O)Nc1ccc(C)c(O)c1. The fraction of sp³-hybridized carbons (Fsp3) is 0.188. The number of hydrogen-bond donors (Lipinski definition) is 3. The lowest BCUT2D eigenvalue weighted by molar-refractivity contribution is 0.102. The minimum Gasteiger partial charge on any atom is -0.508 e. The molecular formula is C16H18N2O2. The number of rotatable bonds is 4. The highest BCUT2D eigenvalue weighted by atomic mass is 16.3.